The summed E-state index contributed by atoms with van der Waals surface area (Å²) in [7, 11) is 1.91. The lowest BCUT2D eigenvalue weighted by atomic mass is 10.5. The summed E-state index contributed by atoms with van der Waals surface area (Å²) in [5.41, 5.74) is 0.993. The first kappa shape index (κ1) is 6.86. The maximum absolute atomic E-state index is 9.78. The van der Waals surface area contributed by atoms with Crippen molar-refractivity contribution in [1.29, 1.82) is 0 Å². The monoisotopic (exact) mass is 139 g/mol. The Morgan fingerprint density at radius 3 is 3.10 bits per heavy atom. The van der Waals surface area contributed by atoms with Crippen molar-refractivity contribution >= 4 is 6.47 Å². The summed E-state index contributed by atoms with van der Waals surface area (Å²) in [5.74, 6) is 0. The molecule has 0 saturated carbocycles. The molecule has 1 heterocycles. The predicted octanol–water partition coefficient (Wildman–Crippen LogP) is 0.698. The zero-order valence-electron chi connectivity index (χ0n) is 5.78. The molecular weight excluding hydrogens is 130 g/mol. The lowest BCUT2D eigenvalue weighted by Gasteiger charge is -1.99. The summed E-state index contributed by atoms with van der Waals surface area (Å²) in [4.78, 5) is 9.78. The van der Waals surface area contributed by atoms with Gasteiger partial charge in [0.2, 0.25) is 0 Å². The van der Waals surface area contributed by atoms with Gasteiger partial charge in [0.25, 0.3) is 6.47 Å². The van der Waals surface area contributed by atoms with Crippen LogP contribution < -0.4 is 0 Å². The molecule has 0 unspecified atom stereocenters. The zero-order valence-corrected chi connectivity index (χ0v) is 5.78. The molecule has 1 rings (SSSR count). The molecule has 0 amide bonds. The summed E-state index contributed by atoms with van der Waals surface area (Å²) in [6, 6.07) is 3.81. The normalized spacial score (nSPS) is 9.30. The Labute approximate surface area is 59.2 Å². The van der Waals surface area contributed by atoms with Crippen LogP contribution in [0.4, 0.5) is 0 Å². The minimum Gasteiger partial charge on any atom is -0.461 e. The molecular formula is C7H9NO2. The van der Waals surface area contributed by atoms with Crippen molar-refractivity contribution in [2.45, 2.75) is 6.61 Å². The van der Waals surface area contributed by atoms with Crippen LogP contribution in [0.25, 0.3) is 0 Å². The highest BCUT2D eigenvalue weighted by Crippen LogP contribution is 1.99. The van der Waals surface area contributed by atoms with Crippen LogP contribution in [0.1, 0.15) is 5.69 Å². The molecule has 0 spiro atoms. The van der Waals surface area contributed by atoms with Gasteiger partial charge in [-0.3, -0.25) is 4.79 Å². The van der Waals surface area contributed by atoms with Gasteiger partial charge in [0, 0.05) is 13.2 Å². The maximum atomic E-state index is 9.78. The molecule has 0 aliphatic heterocycles. The Kier molecular flexibility index (Phi) is 2.10. The molecule has 1 aromatic heterocycles. The van der Waals surface area contributed by atoms with E-state index in [2.05, 4.69) is 4.74 Å². The molecule has 1 aromatic rings. The van der Waals surface area contributed by atoms with Crippen LogP contribution in [0.15, 0.2) is 18.3 Å². The van der Waals surface area contributed by atoms with Gasteiger partial charge in [-0.1, -0.05) is 0 Å². The quantitative estimate of drug-likeness (QED) is 0.577. The highest BCUT2D eigenvalue weighted by atomic mass is 16.5. The number of carbonyl (C=O) groups is 1. The fourth-order valence-corrected chi connectivity index (χ4v) is 0.766. The van der Waals surface area contributed by atoms with Gasteiger partial charge in [0.1, 0.15) is 6.61 Å². The Hall–Kier alpha value is -1.25. The van der Waals surface area contributed by atoms with Crippen LogP contribution in [0.3, 0.4) is 0 Å². The first-order chi connectivity index (χ1) is 4.84. The smallest absolute Gasteiger partial charge is 0.293 e. The summed E-state index contributed by atoms with van der Waals surface area (Å²) in [6.07, 6.45) is 1.91. The third-order valence-corrected chi connectivity index (χ3v) is 1.35. The Morgan fingerprint density at radius 1 is 1.80 bits per heavy atom. The SMILES string of the molecule is Cn1cccc1COC=O. The van der Waals surface area contributed by atoms with Crippen LogP contribution in [-0.2, 0) is 23.2 Å². The van der Waals surface area contributed by atoms with Gasteiger partial charge >= 0.3 is 0 Å². The third kappa shape index (κ3) is 1.37. The largest absolute Gasteiger partial charge is 0.461 e. The number of nitrogens with zero attached hydrogens (tertiary/aromatic N) is 1. The first-order valence-corrected chi connectivity index (χ1v) is 3.00. The molecule has 0 bridgehead atoms. The number of aromatic nitrogens is 1. The van der Waals surface area contributed by atoms with E-state index in [1.807, 2.05) is 29.9 Å². The number of rotatable bonds is 3. The average molecular weight is 139 g/mol. The Bertz CT molecular complexity index is 217. The van der Waals surface area contributed by atoms with Crippen LogP contribution in [0, 0.1) is 0 Å². The van der Waals surface area contributed by atoms with Gasteiger partial charge in [-0.25, -0.2) is 0 Å². The van der Waals surface area contributed by atoms with Gasteiger partial charge in [0.15, 0.2) is 0 Å². The van der Waals surface area contributed by atoms with Gasteiger partial charge in [0.05, 0.1) is 5.69 Å². The first-order valence-electron chi connectivity index (χ1n) is 3.00. The third-order valence-electron chi connectivity index (χ3n) is 1.35. The minimum absolute atomic E-state index is 0.354. The molecule has 0 atom stereocenters. The topological polar surface area (TPSA) is 31.2 Å². The molecule has 0 radical (unpaired) electrons. The number of hydrogen-bond acceptors (Lipinski definition) is 2. The fourth-order valence-electron chi connectivity index (χ4n) is 0.766. The Morgan fingerprint density at radius 2 is 2.60 bits per heavy atom. The molecule has 3 heteroatoms. The molecule has 10 heavy (non-hydrogen) atoms. The van der Waals surface area contributed by atoms with E-state index in [-0.39, 0.29) is 0 Å². The minimum atomic E-state index is 0.354. The van der Waals surface area contributed by atoms with Gasteiger partial charge in [-0.05, 0) is 12.1 Å². The molecule has 3 nitrogen and oxygen atoms in total. The van der Waals surface area contributed by atoms with E-state index in [9.17, 15) is 4.79 Å². The molecule has 0 aliphatic rings. The summed E-state index contributed by atoms with van der Waals surface area (Å²) in [6.45, 7) is 0.806. The second-order valence-electron chi connectivity index (χ2n) is 2.02. The van der Waals surface area contributed by atoms with E-state index in [1.165, 1.54) is 0 Å². The van der Waals surface area contributed by atoms with Gasteiger partial charge in [-0.15, -0.1) is 0 Å². The number of hydrogen-bond donors (Lipinski definition) is 0. The highest BCUT2D eigenvalue weighted by Gasteiger charge is 1.94. The number of ether oxygens (including phenoxy) is 1. The fraction of sp³-hybridized carbons (Fsp3) is 0.286. The maximum Gasteiger partial charge on any atom is 0.293 e. The summed E-state index contributed by atoms with van der Waals surface area (Å²) >= 11 is 0. The molecule has 0 saturated heterocycles. The Balaban J connectivity index is 2.56. The van der Waals surface area contributed by atoms with Crippen molar-refractivity contribution in [1.82, 2.24) is 4.57 Å². The van der Waals surface area contributed by atoms with Gasteiger partial charge < -0.3 is 9.30 Å². The lowest BCUT2D eigenvalue weighted by Crippen LogP contribution is -1.96. The van der Waals surface area contributed by atoms with Crippen molar-refractivity contribution in [3.8, 4) is 0 Å². The molecule has 0 aromatic carbocycles. The molecule has 0 N–H and O–H groups in total. The van der Waals surface area contributed by atoms with Crippen LogP contribution in [0.2, 0.25) is 0 Å². The number of aryl methyl sites for hydroxylation is 1. The van der Waals surface area contributed by atoms with Crippen molar-refractivity contribution in [2.24, 2.45) is 7.05 Å². The van der Waals surface area contributed by atoms with E-state index in [0.717, 1.165) is 5.69 Å². The zero-order chi connectivity index (χ0) is 7.40. The predicted molar refractivity (Wildman–Crippen MR) is 36.3 cm³/mol. The number of carbonyl (C=O) groups excluding carboxylic acids is 1. The highest BCUT2D eigenvalue weighted by molar-refractivity contribution is 5.37. The van der Waals surface area contributed by atoms with Gasteiger partial charge in [-0.2, -0.15) is 0 Å². The van der Waals surface area contributed by atoms with Crippen molar-refractivity contribution in [3.05, 3.63) is 24.0 Å². The van der Waals surface area contributed by atoms with Crippen LogP contribution in [-0.4, -0.2) is 11.0 Å². The van der Waals surface area contributed by atoms with Crippen molar-refractivity contribution < 1.29 is 9.53 Å². The van der Waals surface area contributed by atoms with E-state index < -0.39 is 0 Å². The molecule has 54 valence electrons. The summed E-state index contributed by atoms with van der Waals surface area (Å²) in [5, 5.41) is 0. The second-order valence-corrected chi connectivity index (χ2v) is 2.02. The van der Waals surface area contributed by atoms with Crippen LogP contribution in [0.5, 0.6) is 0 Å². The van der Waals surface area contributed by atoms with Crippen molar-refractivity contribution in [2.75, 3.05) is 0 Å². The lowest BCUT2D eigenvalue weighted by molar-refractivity contribution is -0.129. The van der Waals surface area contributed by atoms with E-state index in [4.69, 9.17) is 0 Å². The summed E-state index contributed by atoms with van der Waals surface area (Å²) < 4.78 is 6.46. The van der Waals surface area contributed by atoms with Crippen molar-refractivity contribution in [3.63, 3.8) is 0 Å². The molecule has 0 fully saturated rings. The standard InChI is InChI=1S/C7H9NO2/c1-8-4-2-3-7(8)5-10-6-9/h2-4,6H,5H2,1H3. The van der Waals surface area contributed by atoms with E-state index in [0.29, 0.717) is 13.1 Å². The van der Waals surface area contributed by atoms with Crippen LogP contribution >= 0.6 is 0 Å². The second kappa shape index (κ2) is 3.06. The van der Waals surface area contributed by atoms with E-state index in [1.54, 1.807) is 0 Å². The average Bonchev–Trinajstić information content (AvgIpc) is 2.31. The molecule has 0 aliphatic carbocycles. The van der Waals surface area contributed by atoms with E-state index >= 15 is 0 Å².